The van der Waals surface area contributed by atoms with Crippen LogP contribution in [0.4, 0.5) is 5.69 Å². The lowest BCUT2D eigenvalue weighted by Crippen LogP contribution is -2.32. The molecule has 1 aromatic heterocycles. The Kier molecular flexibility index (Phi) is 4.44. The van der Waals surface area contributed by atoms with Gasteiger partial charge in [0.1, 0.15) is 11.5 Å². The van der Waals surface area contributed by atoms with Crippen LogP contribution < -0.4 is 10.1 Å². The number of methoxy groups -OCH3 is 1. The van der Waals surface area contributed by atoms with E-state index >= 15 is 0 Å². The van der Waals surface area contributed by atoms with Crippen LogP contribution in [0.1, 0.15) is 24.6 Å². The molecule has 0 radical (unpaired) electrons. The Balaban J connectivity index is 1.64. The molecule has 3 rings (SSSR count). The van der Waals surface area contributed by atoms with Crippen molar-refractivity contribution in [3.8, 4) is 5.75 Å². The summed E-state index contributed by atoms with van der Waals surface area (Å²) in [7, 11) is 1.60. The molecule has 1 fully saturated rings. The minimum atomic E-state index is -0.0389. The van der Waals surface area contributed by atoms with Crippen molar-refractivity contribution in [1.29, 1.82) is 0 Å². The highest BCUT2D eigenvalue weighted by atomic mass is 16.5. The van der Waals surface area contributed by atoms with Gasteiger partial charge in [0.05, 0.1) is 31.6 Å². The third-order valence-electron chi connectivity index (χ3n) is 3.96. The summed E-state index contributed by atoms with van der Waals surface area (Å²) in [6.45, 7) is 1.26. The standard InChI is InChI=1S/C17H20N2O3/c1-21-15-8-3-2-6-13(15)18-17(20)12-19-10-4-7-14(19)16-9-5-11-22-16/h2-3,5-6,8-9,11,14H,4,7,10,12H2,1H3,(H,18,20). The number of nitrogens with zero attached hydrogens (tertiary/aromatic N) is 1. The largest absolute Gasteiger partial charge is 0.495 e. The molecule has 1 unspecified atom stereocenters. The Labute approximate surface area is 129 Å². The molecule has 1 aliphatic rings. The number of carbonyl (C=O) groups excluding carboxylic acids is 1. The molecule has 2 heterocycles. The van der Waals surface area contributed by atoms with E-state index in [0.717, 1.165) is 25.1 Å². The number of rotatable bonds is 5. The number of nitrogens with one attached hydrogen (secondary N) is 1. The number of amides is 1. The van der Waals surface area contributed by atoms with Crippen molar-refractivity contribution < 1.29 is 13.9 Å². The van der Waals surface area contributed by atoms with E-state index in [9.17, 15) is 4.79 Å². The number of likely N-dealkylation sites (tertiary alicyclic amines) is 1. The van der Waals surface area contributed by atoms with Gasteiger partial charge in [0, 0.05) is 0 Å². The lowest BCUT2D eigenvalue weighted by Gasteiger charge is -2.22. The van der Waals surface area contributed by atoms with Crippen molar-refractivity contribution in [1.82, 2.24) is 4.90 Å². The van der Waals surface area contributed by atoms with Gasteiger partial charge in [-0.15, -0.1) is 0 Å². The van der Waals surface area contributed by atoms with Crippen molar-refractivity contribution in [2.24, 2.45) is 0 Å². The average molecular weight is 300 g/mol. The summed E-state index contributed by atoms with van der Waals surface area (Å²) in [5, 5.41) is 2.92. The monoisotopic (exact) mass is 300 g/mol. The highest BCUT2D eigenvalue weighted by molar-refractivity contribution is 5.93. The number of ether oxygens (including phenoxy) is 1. The van der Waals surface area contributed by atoms with Gasteiger partial charge < -0.3 is 14.5 Å². The van der Waals surface area contributed by atoms with E-state index in [2.05, 4.69) is 10.2 Å². The van der Waals surface area contributed by atoms with Crippen LogP contribution in [0.2, 0.25) is 0 Å². The summed E-state index contributed by atoms with van der Waals surface area (Å²) in [5.41, 5.74) is 0.698. The number of anilines is 1. The van der Waals surface area contributed by atoms with Crippen LogP contribution in [0.25, 0.3) is 0 Å². The van der Waals surface area contributed by atoms with Gasteiger partial charge in [-0.1, -0.05) is 12.1 Å². The SMILES string of the molecule is COc1ccccc1NC(=O)CN1CCCC1c1ccco1. The van der Waals surface area contributed by atoms with Crippen LogP contribution in [0, 0.1) is 0 Å². The molecular formula is C17H20N2O3. The van der Waals surface area contributed by atoms with Crippen molar-refractivity contribution >= 4 is 11.6 Å². The highest BCUT2D eigenvalue weighted by Gasteiger charge is 2.29. The fourth-order valence-electron chi connectivity index (χ4n) is 2.94. The number of furan rings is 1. The minimum absolute atomic E-state index is 0.0389. The Morgan fingerprint density at radius 1 is 1.36 bits per heavy atom. The maximum atomic E-state index is 12.3. The molecule has 1 atom stereocenters. The van der Waals surface area contributed by atoms with Gasteiger partial charge >= 0.3 is 0 Å². The molecule has 2 aromatic rings. The van der Waals surface area contributed by atoms with Gasteiger partial charge in [0.2, 0.25) is 5.91 Å². The second kappa shape index (κ2) is 6.66. The van der Waals surface area contributed by atoms with E-state index in [0.29, 0.717) is 18.0 Å². The Hall–Kier alpha value is -2.27. The molecule has 5 nitrogen and oxygen atoms in total. The number of para-hydroxylation sites is 2. The predicted molar refractivity (Wildman–Crippen MR) is 83.9 cm³/mol. The van der Waals surface area contributed by atoms with Gasteiger partial charge in [-0.25, -0.2) is 0 Å². The number of hydrogen-bond donors (Lipinski definition) is 1. The molecule has 1 saturated heterocycles. The predicted octanol–water partition coefficient (Wildman–Crippen LogP) is 3.06. The molecule has 5 heteroatoms. The Morgan fingerprint density at radius 3 is 3.00 bits per heavy atom. The van der Waals surface area contributed by atoms with Gasteiger partial charge in [-0.2, -0.15) is 0 Å². The second-order valence-corrected chi connectivity index (χ2v) is 5.39. The quantitative estimate of drug-likeness (QED) is 0.922. The average Bonchev–Trinajstić information content (AvgIpc) is 3.18. The van der Waals surface area contributed by atoms with Gasteiger partial charge in [0.25, 0.3) is 0 Å². The van der Waals surface area contributed by atoms with Gasteiger partial charge in [-0.05, 0) is 43.7 Å². The fraction of sp³-hybridized carbons (Fsp3) is 0.353. The first-order chi connectivity index (χ1) is 10.8. The van der Waals surface area contributed by atoms with Crippen LogP contribution in [0.3, 0.4) is 0 Å². The fourth-order valence-corrected chi connectivity index (χ4v) is 2.94. The van der Waals surface area contributed by atoms with Crippen LogP contribution in [0.5, 0.6) is 5.75 Å². The van der Waals surface area contributed by atoms with Gasteiger partial charge in [0.15, 0.2) is 0 Å². The normalized spacial score (nSPS) is 18.3. The molecule has 22 heavy (non-hydrogen) atoms. The first kappa shape index (κ1) is 14.7. The Bertz CT molecular complexity index is 625. The Morgan fingerprint density at radius 2 is 2.23 bits per heavy atom. The first-order valence-corrected chi connectivity index (χ1v) is 7.48. The highest BCUT2D eigenvalue weighted by Crippen LogP contribution is 2.32. The lowest BCUT2D eigenvalue weighted by atomic mass is 10.1. The van der Waals surface area contributed by atoms with Crippen molar-refractivity contribution in [3.05, 3.63) is 48.4 Å². The van der Waals surface area contributed by atoms with E-state index in [-0.39, 0.29) is 11.9 Å². The third-order valence-corrected chi connectivity index (χ3v) is 3.96. The van der Waals surface area contributed by atoms with E-state index in [1.165, 1.54) is 0 Å². The smallest absolute Gasteiger partial charge is 0.238 e. The molecule has 116 valence electrons. The summed E-state index contributed by atoms with van der Waals surface area (Å²) < 4.78 is 10.7. The molecule has 1 aromatic carbocycles. The summed E-state index contributed by atoms with van der Waals surface area (Å²) in [5.74, 6) is 1.56. The molecule has 0 bridgehead atoms. The summed E-state index contributed by atoms with van der Waals surface area (Å²) in [6.07, 6.45) is 3.78. The van der Waals surface area contributed by atoms with Crippen LogP contribution in [-0.2, 0) is 4.79 Å². The van der Waals surface area contributed by atoms with Crippen LogP contribution >= 0.6 is 0 Å². The van der Waals surface area contributed by atoms with E-state index in [4.69, 9.17) is 9.15 Å². The molecule has 1 amide bonds. The van der Waals surface area contributed by atoms with Crippen LogP contribution in [-0.4, -0.2) is 31.0 Å². The summed E-state index contributed by atoms with van der Waals surface area (Å²) in [4.78, 5) is 14.5. The number of carbonyl (C=O) groups is 1. The van der Waals surface area contributed by atoms with E-state index in [1.807, 2.05) is 36.4 Å². The lowest BCUT2D eigenvalue weighted by molar-refractivity contribution is -0.117. The van der Waals surface area contributed by atoms with Crippen molar-refractivity contribution in [2.45, 2.75) is 18.9 Å². The molecule has 0 saturated carbocycles. The maximum Gasteiger partial charge on any atom is 0.238 e. The van der Waals surface area contributed by atoms with Crippen molar-refractivity contribution in [3.63, 3.8) is 0 Å². The van der Waals surface area contributed by atoms with Crippen molar-refractivity contribution in [2.75, 3.05) is 25.5 Å². The topological polar surface area (TPSA) is 54.7 Å². The maximum absolute atomic E-state index is 12.3. The zero-order valence-corrected chi connectivity index (χ0v) is 12.6. The van der Waals surface area contributed by atoms with Crippen LogP contribution in [0.15, 0.2) is 47.1 Å². The molecule has 1 N–H and O–H groups in total. The molecular weight excluding hydrogens is 280 g/mol. The zero-order chi connectivity index (χ0) is 15.4. The van der Waals surface area contributed by atoms with E-state index in [1.54, 1.807) is 13.4 Å². The second-order valence-electron chi connectivity index (χ2n) is 5.39. The summed E-state index contributed by atoms with van der Waals surface area (Å²) >= 11 is 0. The number of benzene rings is 1. The molecule has 1 aliphatic heterocycles. The minimum Gasteiger partial charge on any atom is -0.495 e. The molecule has 0 aliphatic carbocycles. The zero-order valence-electron chi connectivity index (χ0n) is 12.6. The van der Waals surface area contributed by atoms with E-state index < -0.39 is 0 Å². The van der Waals surface area contributed by atoms with Gasteiger partial charge in [-0.3, -0.25) is 9.69 Å². The summed E-state index contributed by atoms with van der Waals surface area (Å²) in [6, 6.07) is 11.5. The number of hydrogen-bond acceptors (Lipinski definition) is 4. The molecule has 0 spiro atoms. The third kappa shape index (κ3) is 3.14. The first-order valence-electron chi connectivity index (χ1n) is 7.48.